The van der Waals surface area contributed by atoms with E-state index in [2.05, 4.69) is 9.97 Å². The average molecular weight is 177 g/mol. The molecule has 0 spiro atoms. The largest absolute Gasteiger partial charge is 0.338 e. The third kappa shape index (κ3) is 1.05. The fraction of sp³-hybridized carbons (Fsp3) is 0.125. The highest BCUT2D eigenvalue weighted by Gasteiger charge is 2.18. The zero-order valence-electron chi connectivity index (χ0n) is 6.94. The van der Waals surface area contributed by atoms with Crippen molar-refractivity contribution in [1.82, 2.24) is 9.97 Å². The van der Waals surface area contributed by atoms with Crippen LogP contribution in [-0.2, 0) is 0 Å². The molecule has 0 radical (unpaired) electrons. The molecule has 0 unspecified atom stereocenters. The van der Waals surface area contributed by atoms with Gasteiger partial charge in [-0.3, -0.25) is 10.1 Å². The molecule has 0 aliphatic heterocycles. The number of nitrogens with one attached hydrogen (secondary N) is 1. The number of nitrogens with zero attached hydrogens (tertiary/aromatic N) is 2. The van der Waals surface area contributed by atoms with Crippen molar-refractivity contribution in [2.45, 2.75) is 6.92 Å². The summed E-state index contributed by atoms with van der Waals surface area (Å²) in [7, 11) is 0. The van der Waals surface area contributed by atoms with Crippen LogP contribution in [0.2, 0.25) is 0 Å². The Morgan fingerprint density at radius 2 is 2.38 bits per heavy atom. The van der Waals surface area contributed by atoms with Crippen LogP contribution in [0.15, 0.2) is 18.3 Å². The zero-order valence-corrected chi connectivity index (χ0v) is 6.94. The molecule has 13 heavy (non-hydrogen) atoms. The van der Waals surface area contributed by atoms with Gasteiger partial charge < -0.3 is 4.98 Å². The number of pyridine rings is 1. The number of hydrogen-bond donors (Lipinski definition) is 1. The van der Waals surface area contributed by atoms with Crippen LogP contribution in [-0.4, -0.2) is 14.9 Å². The summed E-state index contributed by atoms with van der Waals surface area (Å²) in [5, 5.41) is 11.2. The number of H-pyrrole nitrogens is 1. The first-order valence-corrected chi connectivity index (χ1v) is 3.78. The maximum atomic E-state index is 10.7. The first-order chi connectivity index (χ1) is 6.20. The molecule has 2 rings (SSSR count). The van der Waals surface area contributed by atoms with Crippen LogP contribution in [0.3, 0.4) is 0 Å². The van der Waals surface area contributed by atoms with Gasteiger partial charge in [0.25, 0.3) is 5.69 Å². The van der Waals surface area contributed by atoms with E-state index in [0.29, 0.717) is 16.7 Å². The minimum absolute atomic E-state index is 0.114. The molecule has 0 aliphatic rings. The molecule has 5 heteroatoms. The van der Waals surface area contributed by atoms with Crippen LogP contribution in [0.5, 0.6) is 0 Å². The summed E-state index contributed by atoms with van der Waals surface area (Å²) >= 11 is 0. The molecular weight excluding hydrogens is 170 g/mol. The Kier molecular flexibility index (Phi) is 1.51. The molecule has 0 amide bonds. The average Bonchev–Trinajstić information content (AvgIpc) is 2.39. The van der Waals surface area contributed by atoms with Crippen molar-refractivity contribution >= 4 is 16.7 Å². The molecule has 5 nitrogen and oxygen atoms in total. The minimum Gasteiger partial charge on any atom is -0.338 e. The first kappa shape index (κ1) is 7.72. The lowest BCUT2D eigenvalue weighted by atomic mass is 10.3. The van der Waals surface area contributed by atoms with E-state index in [0.717, 1.165) is 0 Å². The molecule has 0 atom stereocenters. The molecule has 0 aliphatic carbocycles. The molecule has 2 aromatic heterocycles. The van der Waals surface area contributed by atoms with Crippen LogP contribution in [0.4, 0.5) is 5.69 Å². The van der Waals surface area contributed by atoms with E-state index in [1.807, 2.05) is 0 Å². The second-order valence-electron chi connectivity index (χ2n) is 2.76. The number of hydrogen-bond acceptors (Lipinski definition) is 3. The van der Waals surface area contributed by atoms with Gasteiger partial charge in [-0.25, -0.2) is 4.98 Å². The van der Waals surface area contributed by atoms with Crippen molar-refractivity contribution in [3.8, 4) is 0 Å². The third-order valence-corrected chi connectivity index (χ3v) is 1.91. The summed E-state index contributed by atoms with van der Waals surface area (Å²) in [5.74, 6) is 0. The normalized spacial score (nSPS) is 10.5. The lowest BCUT2D eigenvalue weighted by molar-refractivity contribution is -0.383. The van der Waals surface area contributed by atoms with E-state index < -0.39 is 4.92 Å². The number of fused-ring (bicyclic) bond motifs is 1. The molecule has 0 fully saturated rings. The van der Waals surface area contributed by atoms with E-state index in [4.69, 9.17) is 0 Å². The number of aryl methyl sites for hydroxylation is 1. The van der Waals surface area contributed by atoms with Gasteiger partial charge in [-0.15, -0.1) is 0 Å². The summed E-state index contributed by atoms with van der Waals surface area (Å²) in [6, 6.07) is 3.37. The van der Waals surface area contributed by atoms with E-state index in [9.17, 15) is 10.1 Å². The van der Waals surface area contributed by atoms with Gasteiger partial charge in [-0.2, -0.15) is 0 Å². The van der Waals surface area contributed by atoms with Gasteiger partial charge >= 0.3 is 0 Å². The van der Waals surface area contributed by atoms with Gasteiger partial charge in [0, 0.05) is 6.20 Å². The molecule has 2 heterocycles. The predicted octanol–water partition coefficient (Wildman–Crippen LogP) is 1.78. The Labute approximate surface area is 73.6 Å². The Morgan fingerprint density at radius 3 is 3.08 bits per heavy atom. The topological polar surface area (TPSA) is 71.8 Å². The number of aromatic amines is 1. The number of rotatable bonds is 1. The molecule has 0 bridgehead atoms. The fourth-order valence-corrected chi connectivity index (χ4v) is 1.37. The Bertz CT molecular complexity index is 475. The van der Waals surface area contributed by atoms with Crippen molar-refractivity contribution in [2.24, 2.45) is 0 Å². The number of aromatic nitrogens is 2. The van der Waals surface area contributed by atoms with E-state index in [-0.39, 0.29) is 5.69 Å². The third-order valence-electron chi connectivity index (χ3n) is 1.91. The van der Waals surface area contributed by atoms with Crippen LogP contribution < -0.4 is 0 Å². The molecule has 1 N–H and O–H groups in total. The van der Waals surface area contributed by atoms with Gasteiger partial charge in [-0.1, -0.05) is 0 Å². The van der Waals surface area contributed by atoms with Crippen LogP contribution in [0, 0.1) is 17.0 Å². The lowest BCUT2D eigenvalue weighted by Gasteiger charge is -1.87. The van der Waals surface area contributed by atoms with E-state index in [1.165, 1.54) is 0 Å². The van der Waals surface area contributed by atoms with Crippen molar-refractivity contribution in [3.05, 3.63) is 34.1 Å². The van der Waals surface area contributed by atoms with Crippen molar-refractivity contribution in [3.63, 3.8) is 0 Å². The summed E-state index contributed by atoms with van der Waals surface area (Å²) in [5.41, 5.74) is 1.22. The molecule has 2 aromatic rings. The molecule has 66 valence electrons. The fourth-order valence-electron chi connectivity index (χ4n) is 1.37. The van der Waals surface area contributed by atoms with Crippen molar-refractivity contribution < 1.29 is 4.92 Å². The number of nitro groups is 1. The van der Waals surface area contributed by atoms with Gasteiger partial charge in [-0.05, 0) is 19.1 Å². The smallest absolute Gasteiger partial charge is 0.299 e. The van der Waals surface area contributed by atoms with E-state index in [1.54, 1.807) is 25.3 Å². The summed E-state index contributed by atoms with van der Waals surface area (Å²) in [6.07, 6.45) is 1.60. The molecule has 0 saturated carbocycles. The summed E-state index contributed by atoms with van der Waals surface area (Å²) in [6.45, 7) is 1.67. The van der Waals surface area contributed by atoms with Gasteiger partial charge in [0.1, 0.15) is 5.65 Å². The predicted molar refractivity (Wildman–Crippen MR) is 47.5 cm³/mol. The van der Waals surface area contributed by atoms with Crippen LogP contribution in [0.1, 0.15) is 5.69 Å². The summed E-state index contributed by atoms with van der Waals surface area (Å²) in [4.78, 5) is 17.1. The SMILES string of the molecule is Cc1[nH]c2ncccc2c1[N+](=O)[O-]. The maximum absolute atomic E-state index is 10.7. The quantitative estimate of drug-likeness (QED) is 0.533. The van der Waals surface area contributed by atoms with Crippen molar-refractivity contribution in [2.75, 3.05) is 0 Å². The highest BCUT2D eigenvalue weighted by molar-refractivity contribution is 5.87. The summed E-state index contributed by atoms with van der Waals surface area (Å²) < 4.78 is 0. The van der Waals surface area contributed by atoms with Gasteiger partial charge in [0.2, 0.25) is 0 Å². The Balaban J connectivity index is 2.86. The van der Waals surface area contributed by atoms with Gasteiger partial charge in [0.15, 0.2) is 0 Å². The second-order valence-corrected chi connectivity index (χ2v) is 2.76. The maximum Gasteiger partial charge on any atom is 0.299 e. The Morgan fingerprint density at radius 1 is 1.62 bits per heavy atom. The lowest BCUT2D eigenvalue weighted by Crippen LogP contribution is -1.88. The highest BCUT2D eigenvalue weighted by Crippen LogP contribution is 2.27. The molecule has 0 aromatic carbocycles. The van der Waals surface area contributed by atoms with Crippen molar-refractivity contribution in [1.29, 1.82) is 0 Å². The molecular formula is C8H7N3O2. The standard InChI is InChI=1S/C8H7N3O2/c1-5-7(11(12)13)6-3-2-4-9-8(6)10-5/h2-4H,1H3,(H,9,10). The molecule has 0 saturated heterocycles. The van der Waals surface area contributed by atoms with Gasteiger partial charge in [0.05, 0.1) is 16.0 Å². The monoisotopic (exact) mass is 177 g/mol. The van der Waals surface area contributed by atoms with Crippen LogP contribution >= 0.6 is 0 Å². The first-order valence-electron chi connectivity index (χ1n) is 3.78. The zero-order chi connectivity index (χ0) is 9.42. The second kappa shape index (κ2) is 2.55. The Hall–Kier alpha value is -1.91. The highest BCUT2D eigenvalue weighted by atomic mass is 16.6. The minimum atomic E-state index is -0.393. The van der Waals surface area contributed by atoms with E-state index >= 15 is 0 Å². The van der Waals surface area contributed by atoms with Crippen LogP contribution in [0.25, 0.3) is 11.0 Å².